The average Bonchev–Trinajstić information content (AvgIpc) is 2.94. The van der Waals surface area contributed by atoms with Crippen LogP contribution in [0.3, 0.4) is 0 Å². The van der Waals surface area contributed by atoms with Crippen LogP contribution in [0.4, 0.5) is 10.5 Å². The maximum absolute atomic E-state index is 13.1. The van der Waals surface area contributed by atoms with Gasteiger partial charge in [-0.2, -0.15) is 0 Å². The van der Waals surface area contributed by atoms with Gasteiger partial charge in [-0.25, -0.2) is 4.79 Å². The highest BCUT2D eigenvalue weighted by Crippen LogP contribution is 2.35. The Morgan fingerprint density at radius 3 is 2.47 bits per heavy atom. The lowest BCUT2D eigenvalue weighted by atomic mass is 9.92. The summed E-state index contributed by atoms with van der Waals surface area (Å²) in [7, 11) is 0. The van der Waals surface area contributed by atoms with Crippen molar-refractivity contribution in [3.05, 3.63) is 52.0 Å². The molecular weight excluding hydrogens is 457 g/mol. The van der Waals surface area contributed by atoms with Crippen LogP contribution < -0.4 is 20.1 Å². The van der Waals surface area contributed by atoms with Gasteiger partial charge in [0.25, 0.3) is 5.91 Å². The molecule has 4 amide bonds. The van der Waals surface area contributed by atoms with E-state index in [0.29, 0.717) is 41.0 Å². The average molecular weight is 480 g/mol. The first-order valence-corrected chi connectivity index (χ1v) is 10.7. The highest BCUT2D eigenvalue weighted by atomic mass is 35.5. The van der Waals surface area contributed by atoms with E-state index in [2.05, 4.69) is 10.6 Å². The number of amides is 4. The summed E-state index contributed by atoms with van der Waals surface area (Å²) in [6.07, 6.45) is 0. The minimum Gasteiger partial charge on any atom is -0.494 e. The fourth-order valence-corrected chi connectivity index (χ4v) is 3.99. The Morgan fingerprint density at radius 2 is 1.81 bits per heavy atom. The van der Waals surface area contributed by atoms with E-state index >= 15 is 0 Å². The van der Waals surface area contributed by atoms with Gasteiger partial charge in [-0.05, 0) is 45.0 Å². The second kappa shape index (κ2) is 9.67. The fourth-order valence-electron chi connectivity index (χ4n) is 3.40. The second-order valence-corrected chi connectivity index (χ2v) is 7.99. The summed E-state index contributed by atoms with van der Waals surface area (Å²) < 4.78 is 11.0. The largest absolute Gasteiger partial charge is 0.494 e. The predicted octanol–water partition coefficient (Wildman–Crippen LogP) is 4.20. The Bertz CT molecular complexity index is 1060. The lowest BCUT2D eigenvalue weighted by molar-refractivity contribution is -0.133. The predicted molar refractivity (Wildman–Crippen MR) is 121 cm³/mol. The molecule has 0 aliphatic carbocycles. The number of hydrogen-bond donors (Lipinski definition) is 2. The van der Waals surface area contributed by atoms with Gasteiger partial charge in [0.05, 0.1) is 18.9 Å². The van der Waals surface area contributed by atoms with Crippen molar-refractivity contribution >= 4 is 46.7 Å². The minimum atomic E-state index is -1.43. The molecule has 2 N–H and O–H groups in total. The summed E-state index contributed by atoms with van der Waals surface area (Å²) in [5.41, 5.74) is -0.670. The molecule has 1 aliphatic rings. The highest BCUT2D eigenvalue weighted by Gasteiger charge is 2.50. The van der Waals surface area contributed by atoms with Gasteiger partial charge in [0.1, 0.15) is 23.6 Å². The molecule has 0 bridgehead atoms. The number of nitrogens with zero attached hydrogens (tertiary/aromatic N) is 1. The molecule has 0 radical (unpaired) electrons. The van der Waals surface area contributed by atoms with Gasteiger partial charge in [-0.1, -0.05) is 29.3 Å². The fraction of sp³-hybridized carbons (Fsp3) is 0.318. The molecule has 1 aliphatic heterocycles. The number of imide groups is 1. The van der Waals surface area contributed by atoms with E-state index in [9.17, 15) is 14.4 Å². The molecule has 10 heteroatoms. The van der Waals surface area contributed by atoms with Crippen LogP contribution in [0, 0.1) is 0 Å². The van der Waals surface area contributed by atoms with E-state index in [4.69, 9.17) is 32.7 Å². The zero-order chi connectivity index (χ0) is 23.5. The maximum Gasteiger partial charge on any atom is 0.325 e. The highest BCUT2D eigenvalue weighted by molar-refractivity contribution is 6.35. The van der Waals surface area contributed by atoms with E-state index in [1.807, 2.05) is 13.8 Å². The first kappa shape index (κ1) is 23.7. The molecule has 1 heterocycles. The Kier molecular flexibility index (Phi) is 7.16. The lowest BCUT2D eigenvalue weighted by Crippen LogP contribution is -2.42. The standard InChI is InChI=1S/C22H23Cl2N3O5/c1-4-31-14-7-9-18(32-5-2)17(11-14)25-19(28)12-27-20(29)22(3,26-21(27)30)15-8-6-13(23)10-16(15)24/h6-11H,4-5,12H2,1-3H3,(H,25,28)(H,26,30). The van der Waals surface area contributed by atoms with Crippen molar-refractivity contribution in [2.75, 3.05) is 25.1 Å². The maximum atomic E-state index is 13.1. The number of hydrogen-bond acceptors (Lipinski definition) is 5. The van der Waals surface area contributed by atoms with Crippen molar-refractivity contribution in [3.8, 4) is 11.5 Å². The third-order valence-corrected chi connectivity index (χ3v) is 5.43. The summed E-state index contributed by atoms with van der Waals surface area (Å²) >= 11 is 12.2. The number of urea groups is 1. The van der Waals surface area contributed by atoms with Gasteiger partial charge in [-0.3, -0.25) is 14.5 Å². The molecule has 8 nitrogen and oxygen atoms in total. The van der Waals surface area contributed by atoms with Gasteiger partial charge in [0.2, 0.25) is 5.91 Å². The van der Waals surface area contributed by atoms with Crippen molar-refractivity contribution < 1.29 is 23.9 Å². The number of carbonyl (C=O) groups is 3. The second-order valence-electron chi connectivity index (χ2n) is 7.14. The van der Waals surface area contributed by atoms with Crippen LogP contribution in [-0.4, -0.2) is 42.5 Å². The molecule has 1 fully saturated rings. The molecule has 1 atom stereocenters. The normalized spacial score (nSPS) is 17.8. The molecule has 1 unspecified atom stereocenters. The number of rotatable bonds is 8. The first-order chi connectivity index (χ1) is 15.2. The number of ether oxygens (including phenoxy) is 2. The first-order valence-electron chi connectivity index (χ1n) is 9.98. The molecule has 2 aromatic rings. The zero-order valence-electron chi connectivity index (χ0n) is 17.8. The minimum absolute atomic E-state index is 0.231. The van der Waals surface area contributed by atoms with Crippen LogP contribution in [0.25, 0.3) is 0 Å². The van der Waals surface area contributed by atoms with Crippen LogP contribution in [0.15, 0.2) is 36.4 Å². The molecular formula is C22H23Cl2N3O5. The monoisotopic (exact) mass is 479 g/mol. The third-order valence-electron chi connectivity index (χ3n) is 4.88. The number of benzene rings is 2. The molecule has 0 aromatic heterocycles. The van der Waals surface area contributed by atoms with Crippen LogP contribution >= 0.6 is 23.2 Å². The quantitative estimate of drug-likeness (QED) is 0.553. The lowest BCUT2D eigenvalue weighted by Gasteiger charge is -2.23. The molecule has 170 valence electrons. The summed E-state index contributed by atoms with van der Waals surface area (Å²) in [6.45, 7) is 5.54. The molecule has 2 aromatic carbocycles. The summed E-state index contributed by atoms with van der Waals surface area (Å²) in [6, 6.07) is 8.95. The van der Waals surface area contributed by atoms with E-state index < -0.39 is 29.9 Å². The molecule has 1 saturated heterocycles. The van der Waals surface area contributed by atoms with Gasteiger partial charge in [0.15, 0.2) is 0 Å². The van der Waals surface area contributed by atoms with Gasteiger partial charge in [0, 0.05) is 21.7 Å². The topological polar surface area (TPSA) is 97.0 Å². The van der Waals surface area contributed by atoms with Crippen LogP contribution in [0.2, 0.25) is 10.0 Å². The van der Waals surface area contributed by atoms with Crippen molar-refractivity contribution in [1.82, 2.24) is 10.2 Å². The van der Waals surface area contributed by atoms with Crippen molar-refractivity contribution in [1.29, 1.82) is 0 Å². The van der Waals surface area contributed by atoms with Crippen LogP contribution in [0.5, 0.6) is 11.5 Å². The zero-order valence-corrected chi connectivity index (χ0v) is 19.3. The molecule has 0 spiro atoms. The molecule has 3 rings (SSSR count). The van der Waals surface area contributed by atoms with E-state index in [-0.39, 0.29) is 5.02 Å². The van der Waals surface area contributed by atoms with Gasteiger partial charge >= 0.3 is 6.03 Å². The molecule has 0 saturated carbocycles. The third kappa shape index (κ3) is 4.76. The Balaban J connectivity index is 1.79. The smallest absolute Gasteiger partial charge is 0.325 e. The molecule has 32 heavy (non-hydrogen) atoms. The Morgan fingerprint density at radius 1 is 1.09 bits per heavy atom. The van der Waals surface area contributed by atoms with Gasteiger partial charge < -0.3 is 20.1 Å². The van der Waals surface area contributed by atoms with Crippen molar-refractivity contribution in [2.24, 2.45) is 0 Å². The van der Waals surface area contributed by atoms with Crippen molar-refractivity contribution in [3.63, 3.8) is 0 Å². The summed E-state index contributed by atoms with van der Waals surface area (Å²) in [4.78, 5) is 39.2. The number of carbonyl (C=O) groups excluding carboxylic acids is 3. The SMILES string of the molecule is CCOc1ccc(OCC)c(NC(=O)CN2C(=O)NC(C)(c3ccc(Cl)cc3Cl)C2=O)c1. The summed E-state index contributed by atoms with van der Waals surface area (Å²) in [5, 5.41) is 5.93. The number of nitrogens with one attached hydrogen (secondary N) is 2. The van der Waals surface area contributed by atoms with Gasteiger partial charge in [-0.15, -0.1) is 0 Å². The van der Waals surface area contributed by atoms with E-state index in [0.717, 1.165) is 4.90 Å². The van der Waals surface area contributed by atoms with Crippen LogP contribution in [0.1, 0.15) is 26.3 Å². The Labute approximate surface area is 195 Å². The summed E-state index contributed by atoms with van der Waals surface area (Å²) in [5.74, 6) is -0.185. The number of halogens is 2. The van der Waals surface area contributed by atoms with E-state index in [1.54, 1.807) is 30.3 Å². The van der Waals surface area contributed by atoms with Crippen LogP contribution in [-0.2, 0) is 15.1 Å². The van der Waals surface area contributed by atoms with Crippen molar-refractivity contribution in [2.45, 2.75) is 26.3 Å². The number of anilines is 1. The van der Waals surface area contributed by atoms with E-state index in [1.165, 1.54) is 13.0 Å². The Hall–Kier alpha value is -2.97.